The Morgan fingerprint density at radius 3 is 2.95 bits per heavy atom. The molecule has 0 spiro atoms. The van der Waals surface area contributed by atoms with Crippen LogP contribution in [0.15, 0.2) is 30.5 Å². The summed E-state index contributed by atoms with van der Waals surface area (Å²) < 4.78 is 13.2. The van der Waals surface area contributed by atoms with Crippen molar-refractivity contribution in [2.45, 2.75) is 12.8 Å². The normalized spacial score (nSPS) is 15.3. The fraction of sp³-hybridized carbons (Fsp3) is 0.267. The standard InChI is InChI=1S/C15H12ClFN4/c16-11-7-19-13(17)6-10(11)12-2-1-3-14(21-12)20-9-15(8-18)4-5-15/h1-3,6-7H,4-5,9H2,(H,20,21). The summed E-state index contributed by atoms with van der Waals surface area (Å²) in [5, 5.41) is 12.6. The van der Waals surface area contributed by atoms with Crippen LogP contribution < -0.4 is 5.32 Å². The molecule has 1 saturated carbocycles. The summed E-state index contributed by atoms with van der Waals surface area (Å²) in [6.45, 7) is 0.568. The summed E-state index contributed by atoms with van der Waals surface area (Å²) >= 11 is 6.03. The van der Waals surface area contributed by atoms with Gasteiger partial charge in [-0.25, -0.2) is 9.97 Å². The summed E-state index contributed by atoms with van der Waals surface area (Å²) in [5.41, 5.74) is 0.806. The molecule has 106 valence electrons. The molecule has 1 aliphatic carbocycles. The largest absolute Gasteiger partial charge is 0.368 e. The van der Waals surface area contributed by atoms with E-state index in [2.05, 4.69) is 21.4 Å². The minimum Gasteiger partial charge on any atom is -0.368 e. The van der Waals surface area contributed by atoms with Crippen molar-refractivity contribution in [1.82, 2.24) is 9.97 Å². The number of nitrogens with one attached hydrogen (secondary N) is 1. The molecule has 4 nitrogen and oxygen atoms in total. The topological polar surface area (TPSA) is 61.6 Å². The van der Waals surface area contributed by atoms with Crippen molar-refractivity contribution in [3.63, 3.8) is 0 Å². The van der Waals surface area contributed by atoms with Crippen molar-refractivity contribution in [2.75, 3.05) is 11.9 Å². The third-order valence-corrected chi connectivity index (χ3v) is 3.85. The highest BCUT2D eigenvalue weighted by Gasteiger charge is 2.42. The van der Waals surface area contributed by atoms with Crippen LogP contribution in [0.1, 0.15) is 12.8 Å². The van der Waals surface area contributed by atoms with Crippen molar-refractivity contribution < 1.29 is 4.39 Å². The van der Waals surface area contributed by atoms with Gasteiger partial charge in [0.05, 0.1) is 22.2 Å². The first-order valence-electron chi connectivity index (χ1n) is 6.55. The van der Waals surface area contributed by atoms with Crippen LogP contribution in [0.2, 0.25) is 5.02 Å². The Hall–Kier alpha value is -2.19. The molecule has 0 aromatic carbocycles. The third-order valence-electron chi connectivity index (χ3n) is 3.55. The van der Waals surface area contributed by atoms with Crippen LogP contribution in [0, 0.1) is 22.7 Å². The van der Waals surface area contributed by atoms with Crippen LogP contribution in [0.25, 0.3) is 11.3 Å². The maximum absolute atomic E-state index is 13.2. The molecule has 2 heterocycles. The van der Waals surface area contributed by atoms with Crippen LogP contribution in [-0.2, 0) is 0 Å². The lowest BCUT2D eigenvalue weighted by atomic mass is 10.1. The number of pyridine rings is 2. The zero-order valence-electron chi connectivity index (χ0n) is 11.1. The van der Waals surface area contributed by atoms with E-state index in [1.54, 1.807) is 6.07 Å². The number of rotatable bonds is 4. The average Bonchev–Trinajstić information content (AvgIpc) is 3.29. The number of anilines is 1. The van der Waals surface area contributed by atoms with Gasteiger partial charge in [0.15, 0.2) is 0 Å². The fourth-order valence-corrected chi connectivity index (χ4v) is 2.23. The number of halogens is 2. The van der Waals surface area contributed by atoms with E-state index in [9.17, 15) is 4.39 Å². The molecule has 2 aromatic heterocycles. The van der Waals surface area contributed by atoms with Crippen molar-refractivity contribution in [3.8, 4) is 17.3 Å². The summed E-state index contributed by atoms with van der Waals surface area (Å²) in [5.74, 6) is 0.0401. The van der Waals surface area contributed by atoms with Gasteiger partial charge >= 0.3 is 0 Å². The van der Waals surface area contributed by atoms with Gasteiger partial charge in [-0.3, -0.25) is 0 Å². The maximum atomic E-state index is 13.2. The highest BCUT2D eigenvalue weighted by atomic mass is 35.5. The smallest absolute Gasteiger partial charge is 0.213 e. The van der Waals surface area contributed by atoms with E-state index >= 15 is 0 Å². The van der Waals surface area contributed by atoms with Crippen LogP contribution in [0.4, 0.5) is 10.2 Å². The molecule has 21 heavy (non-hydrogen) atoms. The lowest BCUT2D eigenvalue weighted by Gasteiger charge is -2.10. The Kier molecular flexibility index (Phi) is 3.48. The average molecular weight is 303 g/mol. The van der Waals surface area contributed by atoms with E-state index < -0.39 is 5.95 Å². The van der Waals surface area contributed by atoms with Crippen LogP contribution in [-0.4, -0.2) is 16.5 Å². The van der Waals surface area contributed by atoms with Crippen molar-refractivity contribution >= 4 is 17.4 Å². The van der Waals surface area contributed by atoms with Gasteiger partial charge in [-0.15, -0.1) is 0 Å². The van der Waals surface area contributed by atoms with E-state index in [-0.39, 0.29) is 5.41 Å². The molecule has 0 atom stereocenters. The molecule has 6 heteroatoms. The van der Waals surface area contributed by atoms with Gasteiger partial charge < -0.3 is 5.32 Å². The molecule has 1 fully saturated rings. The highest BCUT2D eigenvalue weighted by Crippen LogP contribution is 2.44. The second-order valence-corrected chi connectivity index (χ2v) is 5.55. The zero-order chi connectivity index (χ0) is 14.9. The first kappa shape index (κ1) is 13.8. The quantitative estimate of drug-likeness (QED) is 0.876. The van der Waals surface area contributed by atoms with Crippen LogP contribution in [0.3, 0.4) is 0 Å². The molecule has 0 radical (unpaired) electrons. The van der Waals surface area contributed by atoms with Gasteiger partial charge in [0.1, 0.15) is 5.82 Å². The maximum Gasteiger partial charge on any atom is 0.213 e. The number of aromatic nitrogens is 2. The Morgan fingerprint density at radius 1 is 1.43 bits per heavy atom. The number of nitriles is 1. The molecule has 2 aromatic rings. The molecule has 1 N–H and O–H groups in total. The molecular formula is C15H12ClFN4. The molecular weight excluding hydrogens is 291 g/mol. The minimum absolute atomic E-state index is 0.252. The summed E-state index contributed by atoms with van der Waals surface area (Å²) in [4.78, 5) is 7.91. The monoisotopic (exact) mass is 302 g/mol. The third kappa shape index (κ3) is 2.96. The highest BCUT2D eigenvalue weighted by molar-refractivity contribution is 6.33. The number of hydrogen-bond donors (Lipinski definition) is 1. The molecule has 1 aliphatic rings. The second-order valence-electron chi connectivity index (χ2n) is 5.14. The molecule has 0 unspecified atom stereocenters. The second kappa shape index (κ2) is 5.30. The Morgan fingerprint density at radius 2 is 2.24 bits per heavy atom. The first-order valence-corrected chi connectivity index (χ1v) is 6.93. The lowest BCUT2D eigenvalue weighted by molar-refractivity contribution is 0.584. The van der Waals surface area contributed by atoms with E-state index in [4.69, 9.17) is 16.9 Å². The van der Waals surface area contributed by atoms with Crippen LogP contribution >= 0.6 is 11.6 Å². The van der Waals surface area contributed by atoms with Gasteiger partial charge in [0, 0.05) is 24.4 Å². The van der Waals surface area contributed by atoms with Crippen molar-refractivity contribution in [2.24, 2.45) is 5.41 Å². The molecule has 0 aliphatic heterocycles. The van der Waals surface area contributed by atoms with Crippen molar-refractivity contribution in [3.05, 3.63) is 41.4 Å². The SMILES string of the molecule is N#CC1(CNc2cccc(-c3cc(F)ncc3Cl)n2)CC1. The zero-order valence-corrected chi connectivity index (χ0v) is 11.9. The summed E-state index contributed by atoms with van der Waals surface area (Å²) in [6.07, 6.45) is 3.10. The predicted molar refractivity (Wildman–Crippen MR) is 78.2 cm³/mol. The molecule has 0 amide bonds. The fourth-order valence-electron chi connectivity index (χ4n) is 2.03. The van der Waals surface area contributed by atoms with E-state index in [0.29, 0.717) is 28.6 Å². The van der Waals surface area contributed by atoms with Crippen molar-refractivity contribution in [1.29, 1.82) is 5.26 Å². The van der Waals surface area contributed by atoms with E-state index in [1.807, 2.05) is 12.1 Å². The Balaban J connectivity index is 1.83. The first-order chi connectivity index (χ1) is 10.1. The van der Waals surface area contributed by atoms with Gasteiger partial charge in [0.25, 0.3) is 0 Å². The van der Waals surface area contributed by atoms with E-state index in [1.165, 1.54) is 12.3 Å². The number of hydrogen-bond acceptors (Lipinski definition) is 4. The Labute approximate surface area is 126 Å². The van der Waals surface area contributed by atoms with E-state index in [0.717, 1.165) is 12.8 Å². The molecule has 0 saturated heterocycles. The summed E-state index contributed by atoms with van der Waals surface area (Å²) in [6, 6.07) is 8.94. The van der Waals surface area contributed by atoms with Gasteiger partial charge in [-0.05, 0) is 25.0 Å². The molecule has 3 rings (SSSR count). The van der Waals surface area contributed by atoms with Gasteiger partial charge in [-0.2, -0.15) is 9.65 Å². The Bertz CT molecular complexity index is 722. The number of nitrogens with zero attached hydrogens (tertiary/aromatic N) is 3. The predicted octanol–water partition coefficient (Wildman–Crippen LogP) is 3.65. The minimum atomic E-state index is -0.601. The van der Waals surface area contributed by atoms with Gasteiger partial charge in [-0.1, -0.05) is 17.7 Å². The lowest BCUT2D eigenvalue weighted by Crippen LogP contribution is -2.14. The summed E-state index contributed by atoms with van der Waals surface area (Å²) in [7, 11) is 0. The van der Waals surface area contributed by atoms with Crippen LogP contribution in [0.5, 0.6) is 0 Å². The van der Waals surface area contributed by atoms with Gasteiger partial charge in [0.2, 0.25) is 5.95 Å². The molecule has 0 bridgehead atoms.